The van der Waals surface area contributed by atoms with Gasteiger partial charge in [0.2, 0.25) is 0 Å². The third-order valence-electron chi connectivity index (χ3n) is 7.60. The van der Waals surface area contributed by atoms with Crippen LogP contribution in [0.3, 0.4) is 0 Å². The zero-order valence-corrected chi connectivity index (χ0v) is 27.2. The molecule has 2 aromatic carbocycles. The predicted molar refractivity (Wildman–Crippen MR) is 160 cm³/mol. The molecule has 1 fully saturated rings. The number of amides is 1. The van der Waals surface area contributed by atoms with Crippen molar-refractivity contribution in [2.24, 2.45) is 5.92 Å². The summed E-state index contributed by atoms with van der Waals surface area (Å²) in [5, 5.41) is 3.06. The lowest BCUT2D eigenvalue weighted by Gasteiger charge is -2.29. The summed E-state index contributed by atoms with van der Waals surface area (Å²) in [6, 6.07) is 3.30. The molecule has 4 rings (SSSR count). The van der Waals surface area contributed by atoms with Gasteiger partial charge in [-0.2, -0.15) is 18.3 Å². The van der Waals surface area contributed by atoms with E-state index in [1.807, 2.05) is 0 Å². The number of carbonyl (C=O) groups excluding carboxylic acids is 3. The Labute approximate surface area is 276 Å². The van der Waals surface area contributed by atoms with E-state index in [1.54, 1.807) is 6.92 Å². The number of nitrogens with zero attached hydrogens (tertiary/aromatic N) is 3. The van der Waals surface area contributed by atoms with Gasteiger partial charge in [-0.3, -0.25) is 19.1 Å². The average molecular weight is 725 g/mol. The largest absolute Gasteiger partial charge is 0.466 e. The van der Waals surface area contributed by atoms with Crippen LogP contribution >= 0.6 is 23.2 Å². The zero-order chi connectivity index (χ0) is 34.8. The van der Waals surface area contributed by atoms with Crippen LogP contribution in [0.4, 0.5) is 22.0 Å². The fourth-order valence-corrected chi connectivity index (χ4v) is 6.96. The molecule has 1 aliphatic rings. The second-order valence-corrected chi connectivity index (χ2v) is 13.8. The van der Waals surface area contributed by atoms with Crippen molar-refractivity contribution in [2.45, 2.75) is 56.3 Å². The molecule has 1 amide bonds. The van der Waals surface area contributed by atoms with Crippen molar-refractivity contribution < 1.29 is 49.5 Å². The highest BCUT2D eigenvalue weighted by molar-refractivity contribution is 7.90. The van der Waals surface area contributed by atoms with Gasteiger partial charge in [-0.1, -0.05) is 23.2 Å². The number of esters is 1. The van der Waals surface area contributed by atoms with Gasteiger partial charge in [-0.25, -0.2) is 17.2 Å². The second-order valence-electron chi connectivity index (χ2n) is 11.0. The SMILES string of the molecule is CCOC(=O)[C@H]1CC[C@H](n2ncc(C(=O)N(CC(=O)c3c(Cl)cc(S(C)(=O)=O)cc3Cl)Cc3cc(F)cc(F)c3)c2C(F)(F)F)CC1. The lowest BCUT2D eigenvalue weighted by Crippen LogP contribution is -2.37. The molecule has 1 saturated carbocycles. The van der Waals surface area contributed by atoms with Crippen molar-refractivity contribution >= 4 is 50.7 Å². The molecular weight excluding hydrogens is 696 g/mol. The maximum atomic E-state index is 14.6. The molecule has 0 N–H and O–H groups in total. The molecule has 0 bridgehead atoms. The molecule has 0 radical (unpaired) electrons. The number of hydrogen-bond donors (Lipinski definition) is 0. The maximum absolute atomic E-state index is 14.6. The lowest BCUT2D eigenvalue weighted by atomic mass is 9.86. The van der Waals surface area contributed by atoms with E-state index in [4.69, 9.17) is 27.9 Å². The molecule has 17 heteroatoms. The van der Waals surface area contributed by atoms with Crippen LogP contribution in [-0.4, -0.2) is 60.2 Å². The molecule has 0 unspecified atom stereocenters. The molecule has 47 heavy (non-hydrogen) atoms. The van der Waals surface area contributed by atoms with Crippen LogP contribution in [0.2, 0.25) is 10.0 Å². The normalized spacial score (nSPS) is 17.0. The summed E-state index contributed by atoms with van der Waals surface area (Å²) in [6.07, 6.45) is -2.80. The molecule has 0 spiro atoms. The number of rotatable bonds is 10. The number of ketones is 1. The highest BCUT2D eigenvalue weighted by Gasteiger charge is 2.43. The van der Waals surface area contributed by atoms with E-state index in [-0.39, 0.29) is 42.7 Å². The van der Waals surface area contributed by atoms with Crippen molar-refractivity contribution in [3.8, 4) is 0 Å². The van der Waals surface area contributed by atoms with Gasteiger partial charge in [0.1, 0.15) is 11.6 Å². The zero-order valence-electron chi connectivity index (χ0n) is 24.9. The molecule has 9 nitrogen and oxygen atoms in total. The van der Waals surface area contributed by atoms with Gasteiger partial charge >= 0.3 is 12.1 Å². The van der Waals surface area contributed by atoms with Crippen molar-refractivity contribution in [1.29, 1.82) is 0 Å². The smallest absolute Gasteiger partial charge is 0.433 e. The first-order valence-electron chi connectivity index (χ1n) is 14.2. The van der Waals surface area contributed by atoms with Crippen molar-refractivity contribution in [3.05, 3.63) is 80.6 Å². The number of halogens is 7. The number of aromatic nitrogens is 2. The van der Waals surface area contributed by atoms with Gasteiger partial charge in [-0.05, 0) is 62.4 Å². The second kappa shape index (κ2) is 14.3. The van der Waals surface area contributed by atoms with E-state index >= 15 is 0 Å². The topological polar surface area (TPSA) is 116 Å². The van der Waals surface area contributed by atoms with Crippen LogP contribution in [0.15, 0.2) is 41.4 Å². The minimum absolute atomic E-state index is 0.132. The molecule has 1 aromatic heterocycles. The molecule has 0 aliphatic heterocycles. The molecule has 0 saturated heterocycles. The van der Waals surface area contributed by atoms with Crippen LogP contribution in [0.1, 0.15) is 70.6 Å². The fraction of sp³-hybridized carbons (Fsp3) is 0.400. The van der Waals surface area contributed by atoms with Crippen LogP contribution in [0.5, 0.6) is 0 Å². The van der Waals surface area contributed by atoms with Crippen LogP contribution in [-0.2, 0) is 32.1 Å². The summed E-state index contributed by atoms with van der Waals surface area (Å²) < 4.78 is 101. The quantitative estimate of drug-likeness (QED) is 0.130. The summed E-state index contributed by atoms with van der Waals surface area (Å²) in [6.45, 7) is 0.110. The molecule has 1 aliphatic carbocycles. The molecule has 1 heterocycles. The van der Waals surface area contributed by atoms with E-state index in [0.29, 0.717) is 21.8 Å². The maximum Gasteiger partial charge on any atom is 0.433 e. The highest BCUT2D eigenvalue weighted by Crippen LogP contribution is 2.39. The number of Topliss-reactive ketones (excluding diaryl/α,β-unsaturated/α-hetero) is 1. The summed E-state index contributed by atoms with van der Waals surface area (Å²) in [5.74, 6) is -5.36. The Morgan fingerprint density at radius 2 is 1.57 bits per heavy atom. The van der Waals surface area contributed by atoms with Gasteiger partial charge in [-0.15, -0.1) is 0 Å². The van der Waals surface area contributed by atoms with E-state index in [0.717, 1.165) is 30.5 Å². The van der Waals surface area contributed by atoms with E-state index in [2.05, 4.69) is 5.10 Å². The average Bonchev–Trinajstić information content (AvgIpc) is 3.41. The van der Waals surface area contributed by atoms with Crippen LogP contribution < -0.4 is 0 Å². The van der Waals surface area contributed by atoms with Crippen LogP contribution in [0.25, 0.3) is 0 Å². The highest BCUT2D eigenvalue weighted by atomic mass is 35.5. The first kappa shape index (κ1) is 36.3. The van der Waals surface area contributed by atoms with Crippen molar-refractivity contribution in [1.82, 2.24) is 14.7 Å². The summed E-state index contributed by atoms with van der Waals surface area (Å²) in [5.41, 5.74) is -2.95. The molecule has 0 atom stereocenters. The van der Waals surface area contributed by atoms with Gasteiger partial charge in [0.05, 0.1) is 57.4 Å². The first-order valence-corrected chi connectivity index (χ1v) is 16.8. The van der Waals surface area contributed by atoms with Crippen LogP contribution in [0, 0.1) is 17.6 Å². The number of sulfone groups is 1. The number of ether oxygens (including phenoxy) is 1. The summed E-state index contributed by atoms with van der Waals surface area (Å²) in [7, 11) is -3.80. The van der Waals surface area contributed by atoms with E-state index < -0.39 is 97.2 Å². The van der Waals surface area contributed by atoms with Gasteiger partial charge in [0, 0.05) is 18.9 Å². The molecule has 3 aromatic rings. The van der Waals surface area contributed by atoms with Gasteiger partial charge in [0.25, 0.3) is 5.91 Å². The first-order chi connectivity index (χ1) is 21.9. The summed E-state index contributed by atoms with van der Waals surface area (Å²) in [4.78, 5) is 39.7. The number of hydrogen-bond acceptors (Lipinski definition) is 7. The number of carbonyl (C=O) groups is 3. The predicted octanol–water partition coefficient (Wildman–Crippen LogP) is 6.71. The lowest BCUT2D eigenvalue weighted by molar-refractivity contribution is -0.151. The fourth-order valence-electron chi connectivity index (χ4n) is 5.47. The Balaban J connectivity index is 1.72. The monoisotopic (exact) mass is 723 g/mol. The van der Waals surface area contributed by atoms with Crippen molar-refractivity contribution in [3.63, 3.8) is 0 Å². The van der Waals surface area contributed by atoms with Crippen molar-refractivity contribution in [2.75, 3.05) is 19.4 Å². The molecular formula is C30H28Cl2F5N3O6S. The number of alkyl halides is 3. The molecule has 254 valence electrons. The number of benzene rings is 2. The third kappa shape index (κ3) is 8.49. The van der Waals surface area contributed by atoms with Gasteiger partial charge in [0.15, 0.2) is 21.3 Å². The Hall–Kier alpha value is -3.56. The summed E-state index contributed by atoms with van der Waals surface area (Å²) >= 11 is 12.4. The standard InChI is InChI=1S/C30H28Cl2F5N3O6S/c1-3-46-29(43)17-4-6-20(7-5-17)40-27(30(35,36)37)22(13-38-40)28(42)39(14-16-8-18(33)10-19(34)9-16)15-25(41)26-23(31)11-21(12-24(26)32)47(2,44)45/h8-13,17,20H,3-7,14-15H2,1-2H3/t17-,20-. The minimum Gasteiger partial charge on any atom is -0.466 e. The Kier molecular flexibility index (Phi) is 11.0. The minimum atomic E-state index is -5.10. The van der Waals surface area contributed by atoms with Gasteiger partial charge < -0.3 is 9.64 Å². The van der Waals surface area contributed by atoms with E-state index in [1.165, 1.54) is 0 Å². The van der Waals surface area contributed by atoms with E-state index in [9.17, 15) is 44.8 Å². The Morgan fingerprint density at radius 3 is 2.09 bits per heavy atom. The third-order valence-corrected chi connectivity index (χ3v) is 9.29. The Bertz CT molecular complexity index is 1760. The Morgan fingerprint density at radius 1 is 1.00 bits per heavy atom.